The molecule has 0 radical (unpaired) electrons. The molecule has 0 unspecified atom stereocenters. The van der Waals surface area contributed by atoms with Gasteiger partial charge in [0.05, 0.1) is 24.7 Å². The molecule has 0 aliphatic carbocycles. The summed E-state index contributed by atoms with van der Waals surface area (Å²) in [6.45, 7) is 4.71. The molecule has 0 saturated heterocycles. The molecule has 6 nitrogen and oxygen atoms in total. The lowest BCUT2D eigenvalue weighted by Gasteiger charge is -2.07. The second kappa shape index (κ2) is 9.79. The van der Waals surface area contributed by atoms with Gasteiger partial charge in [0.2, 0.25) is 0 Å². The van der Waals surface area contributed by atoms with Gasteiger partial charge in [-0.25, -0.2) is 4.98 Å². The Balaban J connectivity index is 2.26. The third-order valence-electron chi connectivity index (χ3n) is 2.55. The van der Waals surface area contributed by atoms with E-state index in [1.807, 2.05) is 17.7 Å². The summed E-state index contributed by atoms with van der Waals surface area (Å²) < 4.78 is 12.3. The molecule has 0 fully saturated rings. The van der Waals surface area contributed by atoms with E-state index in [0.29, 0.717) is 19.8 Å². The highest BCUT2D eigenvalue weighted by molar-refractivity contribution is 7.99. The second-order valence-corrected chi connectivity index (χ2v) is 5.30. The lowest BCUT2D eigenvalue weighted by atomic mass is 10.3. The van der Waals surface area contributed by atoms with Gasteiger partial charge in [-0.15, -0.1) is 0 Å². The monoisotopic (exact) mass is 302 g/mol. The number of imidazole rings is 1. The molecule has 0 aromatic carbocycles. The molecule has 0 aliphatic rings. The zero-order chi connectivity index (χ0) is 14.8. The van der Waals surface area contributed by atoms with Gasteiger partial charge in [-0.05, 0) is 19.8 Å². The molecule has 1 rings (SSSR count). The van der Waals surface area contributed by atoms with E-state index in [-0.39, 0.29) is 5.75 Å². The predicted octanol–water partition coefficient (Wildman–Crippen LogP) is 1.81. The minimum atomic E-state index is -0.825. The van der Waals surface area contributed by atoms with Gasteiger partial charge in [0.15, 0.2) is 5.16 Å². The largest absolute Gasteiger partial charge is 0.481 e. The number of methoxy groups -OCH3 is 1. The Labute approximate surface area is 123 Å². The maximum atomic E-state index is 10.6. The first-order chi connectivity index (χ1) is 9.63. The number of hydrogen-bond acceptors (Lipinski definition) is 5. The van der Waals surface area contributed by atoms with Crippen LogP contribution in [0.3, 0.4) is 0 Å². The van der Waals surface area contributed by atoms with Crippen LogP contribution in [0, 0.1) is 6.92 Å². The first-order valence-electron chi connectivity index (χ1n) is 6.58. The number of ether oxygens (including phenoxy) is 2. The summed E-state index contributed by atoms with van der Waals surface area (Å²) >= 11 is 1.26. The van der Waals surface area contributed by atoms with E-state index in [1.165, 1.54) is 11.8 Å². The Bertz CT molecular complexity index is 409. The third kappa shape index (κ3) is 6.93. The van der Waals surface area contributed by atoms with Crippen LogP contribution in [-0.2, 0) is 20.8 Å². The van der Waals surface area contributed by atoms with Crippen molar-refractivity contribution in [1.82, 2.24) is 9.55 Å². The number of aryl methyl sites for hydroxylation is 2. The van der Waals surface area contributed by atoms with Crippen LogP contribution in [0.15, 0.2) is 11.4 Å². The number of carboxylic acids is 1. The minimum absolute atomic E-state index is 0.0383. The van der Waals surface area contributed by atoms with Gasteiger partial charge >= 0.3 is 5.97 Å². The Morgan fingerprint density at radius 3 is 2.90 bits per heavy atom. The number of hydrogen-bond donors (Lipinski definition) is 1. The summed E-state index contributed by atoms with van der Waals surface area (Å²) in [6, 6.07) is 0. The highest BCUT2D eigenvalue weighted by atomic mass is 32.2. The molecule has 7 heteroatoms. The Hall–Kier alpha value is -1.05. The molecular formula is C13H22N2O4S. The number of thioether (sulfide) groups is 1. The minimum Gasteiger partial charge on any atom is -0.481 e. The van der Waals surface area contributed by atoms with E-state index in [1.54, 1.807) is 7.11 Å². The summed E-state index contributed by atoms with van der Waals surface area (Å²) in [7, 11) is 1.65. The predicted molar refractivity (Wildman–Crippen MR) is 77.3 cm³/mol. The van der Waals surface area contributed by atoms with Crippen LogP contribution in [0.4, 0.5) is 0 Å². The van der Waals surface area contributed by atoms with Crippen LogP contribution in [-0.4, -0.2) is 53.3 Å². The number of carboxylic acid groups (broad SMARTS) is 1. The van der Waals surface area contributed by atoms with Crippen LogP contribution >= 0.6 is 11.8 Å². The summed E-state index contributed by atoms with van der Waals surface area (Å²) in [4.78, 5) is 14.9. The van der Waals surface area contributed by atoms with Gasteiger partial charge in [0.25, 0.3) is 0 Å². The molecule has 114 valence electrons. The fourth-order valence-electron chi connectivity index (χ4n) is 1.66. The Morgan fingerprint density at radius 2 is 2.20 bits per heavy atom. The van der Waals surface area contributed by atoms with Crippen LogP contribution in [0.1, 0.15) is 18.5 Å². The molecule has 0 saturated carbocycles. The number of aliphatic carboxylic acids is 1. The van der Waals surface area contributed by atoms with Crippen LogP contribution in [0.2, 0.25) is 0 Å². The molecular weight excluding hydrogens is 280 g/mol. The lowest BCUT2D eigenvalue weighted by molar-refractivity contribution is -0.133. The highest BCUT2D eigenvalue weighted by Crippen LogP contribution is 2.18. The summed E-state index contributed by atoms with van der Waals surface area (Å²) in [5.74, 6) is -0.787. The second-order valence-electron chi connectivity index (χ2n) is 4.35. The van der Waals surface area contributed by atoms with Gasteiger partial charge in [0.1, 0.15) is 0 Å². The van der Waals surface area contributed by atoms with E-state index in [2.05, 4.69) is 4.98 Å². The Kier molecular flexibility index (Phi) is 8.32. The molecule has 0 bridgehead atoms. The van der Waals surface area contributed by atoms with E-state index < -0.39 is 5.97 Å². The summed E-state index contributed by atoms with van der Waals surface area (Å²) in [5.41, 5.74) is 0.911. The van der Waals surface area contributed by atoms with Crippen molar-refractivity contribution in [3.63, 3.8) is 0 Å². The number of unbranched alkanes of at least 4 members (excludes halogenated alkanes) is 1. The molecule has 1 N–H and O–H groups in total. The molecule has 0 atom stereocenters. The zero-order valence-corrected chi connectivity index (χ0v) is 12.8. The first-order valence-corrected chi connectivity index (χ1v) is 7.57. The molecule has 0 spiro atoms. The maximum Gasteiger partial charge on any atom is 0.313 e. The zero-order valence-electron chi connectivity index (χ0n) is 12.0. The van der Waals surface area contributed by atoms with Crippen molar-refractivity contribution in [1.29, 1.82) is 0 Å². The van der Waals surface area contributed by atoms with Gasteiger partial charge in [-0.1, -0.05) is 11.8 Å². The normalized spacial score (nSPS) is 10.9. The van der Waals surface area contributed by atoms with E-state index in [9.17, 15) is 4.79 Å². The smallest absolute Gasteiger partial charge is 0.313 e. The number of rotatable bonds is 11. The van der Waals surface area contributed by atoms with Gasteiger partial charge in [-0.2, -0.15) is 0 Å². The van der Waals surface area contributed by atoms with E-state index in [4.69, 9.17) is 14.6 Å². The van der Waals surface area contributed by atoms with Crippen molar-refractivity contribution < 1.29 is 19.4 Å². The van der Waals surface area contributed by atoms with E-state index >= 15 is 0 Å². The first kappa shape index (κ1) is 17.0. The molecule has 1 heterocycles. The fraction of sp³-hybridized carbons (Fsp3) is 0.692. The van der Waals surface area contributed by atoms with Crippen molar-refractivity contribution in [3.8, 4) is 0 Å². The van der Waals surface area contributed by atoms with Gasteiger partial charge in [0, 0.05) is 26.5 Å². The Morgan fingerprint density at radius 1 is 1.40 bits per heavy atom. The number of carbonyl (C=O) groups is 1. The van der Waals surface area contributed by atoms with Crippen molar-refractivity contribution in [2.24, 2.45) is 0 Å². The quantitative estimate of drug-likeness (QED) is 0.496. The SMILES string of the molecule is COCCOCCCCn1cc(C)nc1SCC(=O)O. The van der Waals surface area contributed by atoms with Crippen molar-refractivity contribution in [2.45, 2.75) is 31.5 Å². The van der Waals surface area contributed by atoms with E-state index in [0.717, 1.165) is 30.2 Å². The lowest BCUT2D eigenvalue weighted by Crippen LogP contribution is -2.05. The molecule has 1 aromatic heterocycles. The van der Waals surface area contributed by atoms with Crippen LogP contribution < -0.4 is 0 Å². The van der Waals surface area contributed by atoms with Crippen molar-refractivity contribution >= 4 is 17.7 Å². The van der Waals surface area contributed by atoms with Crippen molar-refractivity contribution in [3.05, 3.63) is 11.9 Å². The molecule has 20 heavy (non-hydrogen) atoms. The number of aromatic nitrogens is 2. The summed E-state index contributed by atoms with van der Waals surface area (Å²) in [5, 5.41) is 9.47. The standard InChI is InChI=1S/C13H22N2O4S/c1-11-9-15(13(14-11)20-10-12(16)17)5-3-4-6-19-8-7-18-2/h9H,3-8,10H2,1-2H3,(H,16,17). The molecule has 0 amide bonds. The number of nitrogens with zero attached hydrogens (tertiary/aromatic N) is 2. The third-order valence-corrected chi connectivity index (χ3v) is 3.53. The topological polar surface area (TPSA) is 73.6 Å². The van der Waals surface area contributed by atoms with Gasteiger partial charge < -0.3 is 19.1 Å². The fourth-order valence-corrected chi connectivity index (χ4v) is 2.43. The van der Waals surface area contributed by atoms with Crippen LogP contribution in [0.5, 0.6) is 0 Å². The average Bonchev–Trinajstić information content (AvgIpc) is 2.75. The summed E-state index contributed by atoms with van der Waals surface area (Å²) in [6.07, 6.45) is 3.89. The molecule has 1 aromatic rings. The molecule has 0 aliphatic heterocycles. The van der Waals surface area contributed by atoms with Crippen molar-refractivity contribution in [2.75, 3.05) is 32.7 Å². The highest BCUT2D eigenvalue weighted by Gasteiger charge is 2.08. The van der Waals surface area contributed by atoms with Gasteiger partial charge in [-0.3, -0.25) is 4.79 Å². The average molecular weight is 302 g/mol. The van der Waals surface area contributed by atoms with Crippen LogP contribution in [0.25, 0.3) is 0 Å². The maximum absolute atomic E-state index is 10.6.